The number of fused-ring (bicyclic) bond motifs is 4. The quantitative estimate of drug-likeness (QED) is 0.523. The summed E-state index contributed by atoms with van der Waals surface area (Å²) in [5.41, 5.74) is 2.56. The molecule has 128 valence electrons. The van der Waals surface area contributed by atoms with Crippen molar-refractivity contribution in [1.29, 1.82) is 0 Å². The number of carbonyl (C=O) groups excluding carboxylic acids is 1. The third-order valence-corrected chi connectivity index (χ3v) is 5.27. The van der Waals surface area contributed by atoms with Crippen molar-refractivity contribution in [2.45, 2.75) is 13.0 Å². The highest BCUT2D eigenvalue weighted by Gasteiger charge is 2.13. The second-order valence-corrected chi connectivity index (χ2v) is 7.07. The Morgan fingerprint density at radius 1 is 1.23 bits per heavy atom. The number of hydrogen-bond donors (Lipinski definition) is 1. The Morgan fingerprint density at radius 3 is 3.08 bits per heavy atom. The summed E-state index contributed by atoms with van der Waals surface area (Å²) >= 11 is 1.58. The van der Waals surface area contributed by atoms with Gasteiger partial charge in [-0.3, -0.25) is 9.20 Å². The first-order valence-corrected chi connectivity index (χ1v) is 9.21. The predicted octanol–water partition coefficient (Wildman–Crippen LogP) is 4.15. The minimum absolute atomic E-state index is 0.0445. The maximum absolute atomic E-state index is 12.4. The number of carbonyl (C=O) groups is 1. The fourth-order valence-electron chi connectivity index (χ4n) is 3.29. The first-order valence-electron chi connectivity index (χ1n) is 8.33. The van der Waals surface area contributed by atoms with Crippen LogP contribution in [0, 0.1) is 0 Å². The molecule has 1 amide bonds. The molecule has 0 atom stereocenters. The first kappa shape index (κ1) is 15.2. The summed E-state index contributed by atoms with van der Waals surface area (Å²) in [6, 6.07) is 12.1. The average molecular weight is 361 g/mol. The van der Waals surface area contributed by atoms with E-state index in [-0.39, 0.29) is 12.3 Å². The molecule has 2 aromatic carbocycles. The van der Waals surface area contributed by atoms with Crippen molar-refractivity contribution in [3.8, 4) is 0 Å². The third-order valence-electron chi connectivity index (χ3n) is 4.50. The van der Waals surface area contributed by atoms with E-state index in [0.717, 1.165) is 38.0 Å². The standard InChI is InChI=1S/C20H15N3O2S/c24-18(21-10-15-11-23-7-8-26-20(23)22-15)9-14-12-25-17-6-5-13-3-1-2-4-16(13)19(14)17/h1-8,11-12H,9-10H2,(H,21,24). The van der Waals surface area contributed by atoms with E-state index in [9.17, 15) is 4.79 Å². The van der Waals surface area contributed by atoms with E-state index in [1.54, 1.807) is 17.6 Å². The Bertz CT molecular complexity index is 1220. The SMILES string of the molecule is O=C(Cc1coc2ccc3ccccc3c12)NCc1cn2ccsc2n1. The minimum atomic E-state index is -0.0445. The lowest BCUT2D eigenvalue weighted by Gasteiger charge is -2.04. The molecule has 0 fully saturated rings. The molecular formula is C20H15N3O2S. The second kappa shape index (κ2) is 6.00. The van der Waals surface area contributed by atoms with Gasteiger partial charge in [0, 0.05) is 28.7 Å². The van der Waals surface area contributed by atoms with Crippen LogP contribution >= 0.6 is 11.3 Å². The molecule has 5 aromatic rings. The zero-order valence-corrected chi connectivity index (χ0v) is 14.6. The maximum Gasteiger partial charge on any atom is 0.224 e. The van der Waals surface area contributed by atoms with Gasteiger partial charge in [0.1, 0.15) is 5.58 Å². The number of imidazole rings is 1. The van der Waals surface area contributed by atoms with Crippen LogP contribution < -0.4 is 5.32 Å². The molecule has 0 radical (unpaired) electrons. The fraction of sp³-hybridized carbons (Fsp3) is 0.100. The van der Waals surface area contributed by atoms with E-state index in [2.05, 4.69) is 22.4 Å². The smallest absolute Gasteiger partial charge is 0.224 e. The largest absolute Gasteiger partial charge is 0.464 e. The van der Waals surface area contributed by atoms with Crippen molar-refractivity contribution in [1.82, 2.24) is 14.7 Å². The van der Waals surface area contributed by atoms with E-state index in [0.29, 0.717) is 6.54 Å². The van der Waals surface area contributed by atoms with E-state index < -0.39 is 0 Å². The number of nitrogens with one attached hydrogen (secondary N) is 1. The Morgan fingerprint density at radius 2 is 2.15 bits per heavy atom. The van der Waals surface area contributed by atoms with Crippen molar-refractivity contribution in [2.24, 2.45) is 0 Å². The summed E-state index contributed by atoms with van der Waals surface area (Å²) < 4.78 is 7.62. The Labute approximate surface area is 152 Å². The number of furan rings is 1. The topological polar surface area (TPSA) is 59.5 Å². The summed E-state index contributed by atoms with van der Waals surface area (Å²) in [6.45, 7) is 0.420. The summed E-state index contributed by atoms with van der Waals surface area (Å²) in [5, 5.41) is 8.20. The van der Waals surface area contributed by atoms with Crippen LogP contribution in [0.1, 0.15) is 11.3 Å². The first-order chi connectivity index (χ1) is 12.8. The molecule has 3 aromatic heterocycles. The molecule has 1 N–H and O–H groups in total. The van der Waals surface area contributed by atoms with Crippen LogP contribution in [-0.2, 0) is 17.8 Å². The number of rotatable bonds is 4. The number of benzene rings is 2. The molecule has 6 heteroatoms. The zero-order valence-electron chi connectivity index (χ0n) is 13.8. The van der Waals surface area contributed by atoms with Gasteiger partial charge in [0.15, 0.2) is 4.96 Å². The number of thiazole rings is 1. The van der Waals surface area contributed by atoms with Gasteiger partial charge < -0.3 is 9.73 Å². The highest BCUT2D eigenvalue weighted by Crippen LogP contribution is 2.30. The van der Waals surface area contributed by atoms with Gasteiger partial charge in [-0.25, -0.2) is 4.98 Å². The lowest BCUT2D eigenvalue weighted by Crippen LogP contribution is -2.24. The van der Waals surface area contributed by atoms with E-state index in [1.807, 2.05) is 46.4 Å². The van der Waals surface area contributed by atoms with Gasteiger partial charge in [0.25, 0.3) is 0 Å². The summed E-state index contributed by atoms with van der Waals surface area (Å²) in [5.74, 6) is -0.0445. The van der Waals surface area contributed by atoms with Crippen molar-refractivity contribution in [3.63, 3.8) is 0 Å². The molecule has 0 aliphatic carbocycles. The van der Waals surface area contributed by atoms with E-state index in [4.69, 9.17) is 4.42 Å². The molecule has 0 saturated carbocycles. The van der Waals surface area contributed by atoms with E-state index in [1.165, 1.54) is 0 Å². The lowest BCUT2D eigenvalue weighted by molar-refractivity contribution is -0.120. The van der Waals surface area contributed by atoms with Crippen LogP contribution in [0.5, 0.6) is 0 Å². The Hall–Kier alpha value is -3.12. The Kier molecular flexibility index (Phi) is 3.50. The molecule has 0 unspecified atom stereocenters. The average Bonchev–Trinajstić information content (AvgIpc) is 3.35. The van der Waals surface area contributed by atoms with Crippen LogP contribution in [0.4, 0.5) is 0 Å². The maximum atomic E-state index is 12.4. The van der Waals surface area contributed by atoms with Crippen molar-refractivity contribution < 1.29 is 9.21 Å². The molecule has 3 heterocycles. The summed E-state index contributed by atoms with van der Waals surface area (Å²) in [6.07, 6.45) is 5.86. The highest BCUT2D eigenvalue weighted by atomic mass is 32.1. The van der Waals surface area contributed by atoms with Crippen molar-refractivity contribution >= 4 is 43.9 Å². The number of aromatic nitrogens is 2. The van der Waals surface area contributed by atoms with Gasteiger partial charge in [-0.2, -0.15) is 0 Å². The normalized spacial score (nSPS) is 11.5. The molecule has 0 spiro atoms. The third kappa shape index (κ3) is 2.55. The molecule has 5 nitrogen and oxygen atoms in total. The molecule has 0 aliphatic rings. The van der Waals surface area contributed by atoms with Crippen LogP contribution in [0.25, 0.3) is 26.7 Å². The fourth-order valence-corrected chi connectivity index (χ4v) is 4.01. The second-order valence-electron chi connectivity index (χ2n) is 6.20. The molecule has 0 saturated heterocycles. The van der Waals surface area contributed by atoms with Gasteiger partial charge in [-0.05, 0) is 16.8 Å². The van der Waals surface area contributed by atoms with E-state index >= 15 is 0 Å². The van der Waals surface area contributed by atoms with Gasteiger partial charge in [0.05, 0.1) is 24.9 Å². The van der Waals surface area contributed by atoms with Crippen LogP contribution in [0.3, 0.4) is 0 Å². The molecule has 0 aliphatic heterocycles. The van der Waals surface area contributed by atoms with Gasteiger partial charge in [-0.1, -0.05) is 30.3 Å². The number of amides is 1. The molecule has 26 heavy (non-hydrogen) atoms. The van der Waals surface area contributed by atoms with Gasteiger partial charge >= 0.3 is 0 Å². The molecule has 0 bridgehead atoms. The molecular weight excluding hydrogens is 346 g/mol. The monoisotopic (exact) mass is 361 g/mol. The summed E-state index contributed by atoms with van der Waals surface area (Å²) in [7, 11) is 0. The number of nitrogens with zero attached hydrogens (tertiary/aromatic N) is 2. The predicted molar refractivity (Wildman–Crippen MR) is 102 cm³/mol. The summed E-state index contributed by atoms with van der Waals surface area (Å²) in [4.78, 5) is 17.8. The highest BCUT2D eigenvalue weighted by molar-refractivity contribution is 7.15. The molecule has 5 rings (SSSR count). The van der Waals surface area contributed by atoms with Crippen LogP contribution in [0.15, 0.2) is 64.9 Å². The minimum Gasteiger partial charge on any atom is -0.464 e. The van der Waals surface area contributed by atoms with Crippen molar-refractivity contribution in [3.05, 3.63) is 71.7 Å². The van der Waals surface area contributed by atoms with Crippen LogP contribution in [-0.4, -0.2) is 15.3 Å². The number of hydrogen-bond acceptors (Lipinski definition) is 4. The van der Waals surface area contributed by atoms with Gasteiger partial charge in [-0.15, -0.1) is 11.3 Å². The van der Waals surface area contributed by atoms with Gasteiger partial charge in [0.2, 0.25) is 5.91 Å². The zero-order chi connectivity index (χ0) is 17.5. The lowest BCUT2D eigenvalue weighted by atomic mass is 10.0. The van der Waals surface area contributed by atoms with Crippen LogP contribution in [0.2, 0.25) is 0 Å². The Balaban J connectivity index is 1.37. The van der Waals surface area contributed by atoms with Crippen molar-refractivity contribution in [2.75, 3.05) is 0 Å².